The number of anilines is 1. The molecule has 0 spiro atoms. The molecular weight excluding hydrogens is 375 g/mol. The molecule has 2 atom stereocenters. The number of carbonyl (C=O) groups is 1. The number of alkyl halides is 3. The number of carboxylic acids is 1. The molecule has 2 rings (SSSR count). The van der Waals surface area contributed by atoms with Gasteiger partial charge in [-0.15, -0.1) is 0 Å². The number of aromatic nitrogens is 2. The van der Waals surface area contributed by atoms with Crippen LogP contribution in [0.5, 0.6) is 0 Å². The Balaban J connectivity index is 2.51. The minimum atomic E-state index is -4.63. The molecule has 1 aliphatic rings. The number of carboxylic acid groups (broad SMARTS) is 1. The Kier molecular flexibility index (Phi) is 4.96. The summed E-state index contributed by atoms with van der Waals surface area (Å²) in [5.74, 6) is -2.63. The van der Waals surface area contributed by atoms with Gasteiger partial charge in [0.2, 0.25) is 15.0 Å². The Morgan fingerprint density at radius 1 is 1.38 bits per heavy atom. The summed E-state index contributed by atoms with van der Waals surface area (Å²) < 4.78 is 62.9. The molecule has 0 saturated carbocycles. The molecule has 1 aliphatic heterocycles. The summed E-state index contributed by atoms with van der Waals surface area (Å²) in [4.78, 5) is 19.0. The fourth-order valence-electron chi connectivity index (χ4n) is 2.46. The Hall–Kier alpha value is -1.62. The monoisotopic (exact) mass is 387 g/mol. The highest BCUT2D eigenvalue weighted by molar-refractivity contribution is 7.90. The van der Waals surface area contributed by atoms with E-state index in [2.05, 4.69) is 9.97 Å². The molecule has 1 fully saturated rings. The van der Waals surface area contributed by atoms with E-state index in [4.69, 9.17) is 16.7 Å². The topological polar surface area (TPSA) is 100 Å². The van der Waals surface area contributed by atoms with Crippen molar-refractivity contribution in [3.63, 3.8) is 0 Å². The van der Waals surface area contributed by atoms with Crippen molar-refractivity contribution >= 4 is 33.2 Å². The van der Waals surface area contributed by atoms with Gasteiger partial charge in [0.1, 0.15) is 17.0 Å². The van der Waals surface area contributed by atoms with Crippen LogP contribution < -0.4 is 4.90 Å². The first-order valence-corrected chi connectivity index (χ1v) is 8.97. The van der Waals surface area contributed by atoms with E-state index in [0.29, 0.717) is 0 Å². The lowest BCUT2D eigenvalue weighted by Gasteiger charge is -2.39. The summed E-state index contributed by atoms with van der Waals surface area (Å²) in [5, 5.41) is 8.00. The van der Waals surface area contributed by atoms with Crippen LogP contribution in [0.2, 0.25) is 5.15 Å². The van der Waals surface area contributed by atoms with Crippen molar-refractivity contribution in [3.8, 4) is 0 Å². The summed E-state index contributed by atoms with van der Waals surface area (Å²) in [6.45, 7) is -0.462. The molecule has 2 heterocycles. The molecule has 1 N–H and O–H groups in total. The maximum Gasteiger partial charge on any atom is 0.408 e. The van der Waals surface area contributed by atoms with Gasteiger partial charge >= 0.3 is 12.1 Å². The zero-order chi connectivity index (χ0) is 18.3. The number of sulfone groups is 1. The van der Waals surface area contributed by atoms with Gasteiger partial charge in [0.25, 0.3) is 0 Å². The molecule has 1 aromatic heterocycles. The molecule has 134 valence electrons. The molecular formula is C12H13ClF3N3O4S. The van der Waals surface area contributed by atoms with E-state index in [-0.39, 0.29) is 17.4 Å². The number of aliphatic carboxylic acids is 1. The van der Waals surface area contributed by atoms with E-state index in [1.807, 2.05) is 0 Å². The van der Waals surface area contributed by atoms with Crippen LogP contribution in [0.15, 0.2) is 11.2 Å². The van der Waals surface area contributed by atoms with Gasteiger partial charge in [-0.1, -0.05) is 11.6 Å². The number of hydrogen-bond donors (Lipinski definition) is 1. The van der Waals surface area contributed by atoms with Gasteiger partial charge in [0.15, 0.2) is 0 Å². The van der Waals surface area contributed by atoms with E-state index in [1.54, 1.807) is 0 Å². The molecule has 1 aromatic rings. The van der Waals surface area contributed by atoms with E-state index < -0.39 is 52.1 Å². The molecule has 0 amide bonds. The first kappa shape index (κ1) is 18.7. The lowest BCUT2D eigenvalue weighted by molar-refractivity contribution is -0.159. The number of piperidine rings is 1. The average Bonchev–Trinajstić information content (AvgIpc) is 2.44. The van der Waals surface area contributed by atoms with Gasteiger partial charge in [0.05, 0.1) is 5.92 Å². The first-order valence-electron chi connectivity index (χ1n) is 6.70. The second kappa shape index (κ2) is 6.36. The van der Waals surface area contributed by atoms with E-state index in [9.17, 15) is 26.4 Å². The first-order chi connectivity index (χ1) is 10.9. The predicted molar refractivity (Wildman–Crippen MR) is 77.7 cm³/mol. The quantitative estimate of drug-likeness (QED) is 0.623. The van der Waals surface area contributed by atoms with Crippen molar-refractivity contribution in [3.05, 3.63) is 11.2 Å². The SMILES string of the molecule is CS(=O)(=O)c1nc(Cl)cc(N2CC(C(=O)O)CCC2C(F)(F)F)n1. The van der Waals surface area contributed by atoms with Crippen LogP contribution >= 0.6 is 11.6 Å². The highest BCUT2D eigenvalue weighted by Gasteiger charge is 2.48. The Morgan fingerprint density at radius 2 is 2.00 bits per heavy atom. The summed E-state index contributed by atoms with van der Waals surface area (Å²) >= 11 is 5.70. The number of rotatable bonds is 3. The zero-order valence-corrected chi connectivity index (χ0v) is 13.9. The van der Waals surface area contributed by atoms with Crippen LogP contribution in [0, 0.1) is 5.92 Å². The Bertz CT molecular complexity index is 756. The van der Waals surface area contributed by atoms with Crippen molar-refractivity contribution in [2.24, 2.45) is 5.92 Å². The number of nitrogens with zero attached hydrogens (tertiary/aromatic N) is 3. The maximum atomic E-state index is 13.3. The summed E-state index contributed by atoms with van der Waals surface area (Å²) in [6, 6.07) is -0.995. The van der Waals surface area contributed by atoms with Gasteiger partial charge in [0, 0.05) is 18.9 Å². The van der Waals surface area contributed by atoms with Gasteiger partial charge in [-0.2, -0.15) is 13.2 Å². The molecule has 1 saturated heterocycles. The minimum absolute atomic E-state index is 0.145. The van der Waals surface area contributed by atoms with Crippen LogP contribution in [0.1, 0.15) is 12.8 Å². The van der Waals surface area contributed by atoms with Crippen LogP contribution in [-0.4, -0.2) is 54.5 Å². The Labute approximate surface area is 140 Å². The molecule has 0 radical (unpaired) electrons. The van der Waals surface area contributed by atoms with Crippen LogP contribution in [0.25, 0.3) is 0 Å². The molecule has 7 nitrogen and oxygen atoms in total. The standard InChI is InChI=1S/C12H13ClF3N3O4S/c1-24(22,23)11-17-8(13)4-9(18-11)19-5-6(10(20)21)2-3-7(19)12(14,15)16/h4,6-7H,2-3,5H2,1H3,(H,20,21). The second-order valence-electron chi connectivity index (χ2n) is 5.43. The normalized spacial score (nSPS) is 22.5. The minimum Gasteiger partial charge on any atom is -0.481 e. The molecule has 0 bridgehead atoms. The third-order valence-corrected chi connectivity index (χ3v) is 4.64. The molecule has 24 heavy (non-hydrogen) atoms. The highest BCUT2D eigenvalue weighted by Crippen LogP contribution is 2.36. The van der Waals surface area contributed by atoms with E-state index in [1.165, 1.54) is 0 Å². The summed E-state index contributed by atoms with van der Waals surface area (Å²) in [6.07, 6.45) is -4.43. The van der Waals surface area contributed by atoms with Crippen molar-refractivity contribution in [1.82, 2.24) is 9.97 Å². The maximum absolute atomic E-state index is 13.3. The lowest BCUT2D eigenvalue weighted by atomic mass is 9.92. The van der Waals surface area contributed by atoms with Crippen molar-refractivity contribution < 1.29 is 31.5 Å². The second-order valence-corrected chi connectivity index (χ2v) is 7.72. The predicted octanol–water partition coefficient (Wildman–Crippen LogP) is 1.77. The summed E-state index contributed by atoms with van der Waals surface area (Å²) in [5.41, 5.74) is 0. The fraction of sp³-hybridized carbons (Fsp3) is 0.583. The molecule has 2 unspecified atom stereocenters. The highest BCUT2D eigenvalue weighted by atomic mass is 35.5. The number of hydrogen-bond acceptors (Lipinski definition) is 6. The third kappa shape index (κ3) is 4.07. The van der Waals surface area contributed by atoms with Gasteiger partial charge < -0.3 is 10.0 Å². The summed E-state index contributed by atoms with van der Waals surface area (Å²) in [7, 11) is -3.90. The number of halogens is 4. The van der Waals surface area contributed by atoms with Crippen LogP contribution in [-0.2, 0) is 14.6 Å². The van der Waals surface area contributed by atoms with Crippen LogP contribution in [0.3, 0.4) is 0 Å². The van der Waals surface area contributed by atoms with Gasteiger partial charge in [-0.25, -0.2) is 18.4 Å². The van der Waals surface area contributed by atoms with Gasteiger partial charge in [-0.3, -0.25) is 4.79 Å². The Morgan fingerprint density at radius 3 is 2.50 bits per heavy atom. The third-order valence-electron chi connectivity index (χ3n) is 3.60. The molecule has 12 heteroatoms. The lowest BCUT2D eigenvalue weighted by Crippen LogP contribution is -2.53. The average molecular weight is 388 g/mol. The smallest absolute Gasteiger partial charge is 0.408 e. The molecule has 0 aromatic carbocycles. The fourth-order valence-corrected chi connectivity index (χ4v) is 3.22. The van der Waals surface area contributed by atoms with Crippen molar-refractivity contribution in [2.75, 3.05) is 17.7 Å². The largest absolute Gasteiger partial charge is 0.481 e. The molecule has 0 aliphatic carbocycles. The van der Waals surface area contributed by atoms with Gasteiger partial charge in [-0.05, 0) is 12.8 Å². The van der Waals surface area contributed by atoms with E-state index in [0.717, 1.165) is 17.2 Å². The van der Waals surface area contributed by atoms with E-state index >= 15 is 0 Å². The zero-order valence-electron chi connectivity index (χ0n) is 12.3. The van der Waals surface area contributed by atoms with Crippen LogP contribution in [0.4, 0.5) is 19.0 Å². The van der Waals surface area contributed by atoms with Crippen molar-refractivity contribution in [2.45, 2.75) is 30.2 Å². The van der Waals surface area contributed by atoms with Crippen molar-refractivity contribution in [1.29, 1.82) is 0 Å².